The van der Waals surface area contributed by atoms with Gasteiger partial charge in [-0.1, -0.05) is 35.9 Å². The predicted octanol–water partition coefficient (Wildman–Crippen LogP) is 4.59. The van der Waals surface area contributed by atoms with Crippen molar-refractivity contribution in [2.45, 2.75) is 6.42 Å². The molecule has 0 aliphatic heterocycles. The Hall–Kier alpha value is -1.36. The number of amides is 1. The largest absolute Gasteiger partial charge is 0.351 e. The SMILES string of the molecule is O=C(NCCc1cccs1)c1sc2ccccc2c1Cl. The van der Waals surface area contributed by atoms with Gasteiger partial charge in [0.25, 0.3) is 5.91 Å². The fourth-order valence-corrected chi connectivity index (χ4v) is 4.14. The van der Waals surface area contributed by atoms with Gasteiger partial charge in [-0.25, -0.2) is 0 Å². The minimum Gasteiger partial charge on any atom is -0.351 e. The van der Waals surface area contributed by atoms with Crippen LogP contribution in [0, 0.1) is 0 Å². The minimum absolute atomic E-state index is 0.0900. The van der Waals surface area contributed by atoms with E-state index in [0.29, 0.717) is 16.4 Å². The molecule has 20 heavy (non-hydrogen) atoms. The lowest BCUT2D eigenvalue weighted by Crippen LogP contribution is -2.24. The van der Waals surface area contributed by atoms with Crippen LogP contribution >= 0.6 is 34.3 Å². The Morgan fingerprint density at radius 1 is 1.20 bits per heavy atom. The number of rotatable bonds is 4. The highest BCUT2D eigenvalue weighted by atomic mass is 35.5. The molecule has 0 radical (unpaired) electrons. The van der Waals surface area contributed by atoms with E-state index in [2.05, 4.69) is 11.4 Å². The molecule has 0 bridgehead atoms. The number of fused-ring (bicyclic) bond motifs is 1. The predicted molar refractivity (Wildman–Crippen MR) is 87.2 cm³/mol. The summed E-state index contributed by atoms with van der Waals surface area (Å²) in [6.07, 6.45) is 0.853. The summed E-state index contributed by atoms with van der Waals surface area (Å²) in [7, 11) is 0. The molecular formula is C15H12ClNOS2. The number of benzene rings is 1. The Labute approximate surface area is 130 Å². The Morgan fingerprint density at radius 3 is 2.80 bits per heavy atom. The third-order valence-corrected chi connectivity index (χ3v) is 5.59. The Balaban J connectivity index is 1.71. The molecule has 0 aliphatic carbocycles. The Bertz CT molecular complexity index is 734. The third kappa shape index (κ3) is 2.73. The molecule has 5 heteroatoms. The van der Waals surface area contributed by atoms with E-state index in [9.17, 15) is 4.79 Å². The van der Waals surface area contributed by atoms with Crippen molar-refractivity contribution in [2.75, 3.05) is 6.54 Å². The second-order valence-electron chi connectivity index (χ2n) is 4.33. The molecule has 2 nitrogen and oxygen atoms in total. The van der Waals surface area contributed by atoms with Crippen molar-refractivity contribution in [1.82, 2.24) is 5.32 Å². The van der Waals surface area contributed by atoms with Crippen molar-refractivity contribution in [3.63, 3.8) is 0 Å². The summed E-state index contributed by atoms with van der Waals surface area (Å²) in [5, 5.41) is 6.48. The van der Waals surface area contributed by atoms with Crippen molar-refractivity contribution >= 4 is 50.3 Å². The smallest absolute Gasteiger partial charge is 0.262 e. The number of halogens is 1. The molecule has 0 saturated heterocycles. The van der Waals surface area contributed by atoms with Gasteiger partial charge in [0.15, 0.2) is 0 Å². The molecule has 0 aliphatic rings. The van der Waals surface area contributed by atoms with Gasteiger partial charge >= 0.3 is 0 Å². The molecular weight excluding hydrogens is 310 g/mol. The van der Waals surface area contributed by atoms with Crippen LogP contribution in [0.5, 0.6) is 0 Å². The Morgan fingerprint density at radius 2 is 2.05 bits per heavy atom. The van der Waals surface area contributed by atoms with Gasteiger partial charge in [-0.3, -0.25) is 4.79 Å². The molecule has 3 aromatic rings. The maximum atomic E-state index is 12.2. The summed E-state index contributed by atoms with van der Waals surface area (Å²) in [6, 6.07) is 11.9. The lowest BCUT2D eigenvalue weighted by atomic mass is 10.2. The van der Waals surface area contributed by atoms with Crippen LogP contribution in [0.4, 0.5) is 0 Å². The molecule has 2 heterocycles. The van der Waals surface area contributed by atoms with Gasteiger partial charge in [-0.2, -0.15) is 0 Å². The molecule has 0 fully saturated rings. The summed E-state index contributed by atoms with van der Waals surface area (Å²) in [6.45, 7) is 0.629. The van der Waals surface area contributed by atoms with Gasteiger partial charge in [0.05, 0.1) is 5.02 Å². The van der Waals surface area contributed by atoms with Crippen molar-refractivity contribution in [2.24, 2.45) is 0 Å². The highest BCUT2D eigenvalue weighted by Gasteiger charge is 2.16. The zero-order chi connectivity index (χ0) is 13.9. The zero-order valence-electron chi connectivity index (χ0n) is 10.6. The number of carbonyl (C=O) groups excluding carboxylic acids is 1. The molecule has 0 saturated carbocycles. The van der Waals surface area contributed by atoms with Crippen molar-refractivity contribution in [3.05, 3.63) is 56.6 Å². The van der Waals surface area contributed by atoms with Crippen molar-refractivity contribution < 1.29 is 4.79 Å². The minimum atomic E-state index is -0.0900. The van der Waals surface area contributed by atoms with E-state index in [-0.39, 0.29) is 5.91 Å². The van der Waals surface area contributed by atoms with E-state index in [1.807, 2.05) is 35.7 Å². The quantitative estimate of drug-likeness (QED) is 0.748. The van der Waals surface area contributed by atoms with Gasteiger partial charge in [0, 0.05) is 21.5 Å². The second kappa shape index (κ2) is 5.95. The van der Waals surface area contributed by atoms with Gasteiger partial charge in [0.1, 0.15) is 4.88 Å². The van der Waals surface area contributed by atoms with Crippen LogP contribution in [0.1, 0.15) is 14.5 Å². The van der Waals surface area contributed by atoms with Crippen LogP contribution in [-0.4, -0.2) is 12.5 Å². The van der Waals surface area contributed by atoms with Crippen molar-refractivity contribution in [3.8, 4) is 0 Å². The average molecular weight is 322 g/mol. The molecule has 1 N–H and O–H groups in total. The zero-order valence-corrected chi connectivity index (χ0v) is 12.9. The van der Waals surface area contributed by atoms with E-state index >= 15 is 0 Å². The lowest BCUT2D eigenvalue weighted by Gasteiger charge is -2.02. The van der Waals surface area contributed by atoms with Crippen LogP contribution in [0.3, 0.4) is 0 Å². The van der Waals surface area contributed by atoms with E-state index in [4.69, 9.17) is 11.6 Å². The molecule has 1 amide bonds. The molecule has 0 spiro atoms. The van der Waals surface area contributed by atoms with Gasteiger partial charge in [0.2, 0.25) is 0 Å². The lowest BCUT2D eigenvalue weighted by molar-refractivity contribution is 0.0958. The maximum absolute atomic E-state index is 12.2. The van der Waals surface area contributed by atoms with E-state index in [1.165, 1.54) is 16.2 Å². The summed E-state index contributed by atoms with van der Waals surface area (Å²) in [4.78, 5) is 14.0. The van der Waals surface area contributed by atoms with Crippen molar-refractivity contribution in [1.29, 1.82) is 0 Å². The highest BCUT2D eigenvalue weighted by Crippen LogP contribution is 2.34. The molecule has 0 unspecified atom stereocenters. The number of hydrogen-bond donors (Lipinski definition) is 1. The van der Waals surface area contributed by atoms with Crippen LogP contribution in [0.25, 0.3) is 10.1 Å². The first-order valence-electron chi connectivity index (χ1n) is 6.23. The average Bonchev–Trinajstić information content (AvgIpc) is 3.08. The summed E-state index contributed by atoms with van der Waals surface area (Å²) in [5.74, 6) is -0.0900. The molecule has 102 valence electrons. The third-order valence-electron chi connectivity index (χ3n) is 2.98. The van der Waals surface area contributed by atoms with E-state index in [1.54, 1.807) is 11.3 Å². The normalized spacial score (nSPS) is 10.8. The van der Waals surface area contributed by atoms with Gasteiger partial charge < -0.3 is 5.32 Å². The molecule has 1 aromatic carbocycles. The van der Waals surface area contributed by atoms with Crippen LogP contribution in [0.2, 0.25) is 5.02 Å². The summed E-state index contributed by atoms with van der Waals surface area (Å²) >= 11 is 9.42. The topological polar surface area (TPSA) is 29.1 Å². The molecule has 3 rings (SSSR count). The fourth-order valence-electron chi connectivity index (χ4n) is 1.99. The number of carbonyl (C=O) groups is 1. The first kappa shape index (κ1) is 13.6. The van der Waals surface area contributed by atoms with Crippen LogP contribution in [0.15, 0.2) is 41.8 Å². The van der Waals surface area contributed by atoms with Crippen LogP contribution < -0.4 is 5.32 Å². The number of thiophene rings is 2. The van der Waals surface area contributed by atoms with Gasteiger partial charge in [-0.15, -0.1) is 22.7 Å². The summed E-state index contributed by atoms with van der Waals surface area (Å²) < 4.78 is 1.04. The fraction of sp³-hybridized carbons (Fsp3) is 0.133. The van der Waals surface area contributed by atoms with E-state index in [0.717, 1.165) is 16.5 Å². The maximum Gasteiger partial charge on any atom is 0.262 e. The van der Waals surface area contributed by atoms with Gasteiger partial charge in [-0.05, 0) is 23.9 Å². The standard InChI is InChI=1S/C15H12ClNOS2/c16-13-11-5-1-2-6-12(11)20-14(13)15(18)17-8-7-10-4-3-9-19-10/h1-6,9H,7-8H2,(H,17,18). The first-order chi connectivity index (χ1) is 9.75. The molecule has 2 aromatic heterocycles. The monoisotopic (exact) mass is 321 g/mol. The first-order valence-corrected chi connectivity index (χ1v) is 8.31. The number of nitrogens with one attached hydrogen (secondary N) is 1. The second-order valence-corrected chi connectivity index (χ2v) is 6.79. The highest BCUT2D eigenvalue weighted by molar-refractivity contribution is 7.21. The van der Waals surface area contributed by atoms with E-state index < -0.39 is 0 Å². The summed E-state index contributed by atoms with van der Waals surface area (Å²) in [5.41, 5.74) is 0. The van der Waals surface area contributed by atoms with Crippen LogP contribution in [-0.2, 0) is 6.42 Å². The molecule has 0 atom stereocenters. The Kier molecular flexibility index (Phi) is 4.05. The number of hydrogen-bond acceptors (Lipinski definition) is 3.